The van der Waals surface area contributed by atoms with E-state index in [0.717, 1.165) is 28.3 Å². The highest BCUT2D eigenvalue weighted by Gasteiger charge is 2.53. The molecule has 0 aliphatic heterocycles. The first-order valence-electron chi connectivity index (χ1n) is 12.5. The fourth-order valence-corrected chi connectivity index (χ4v) is 7.98. The Hall–Kier alpha value is -2.73. The van der Waals surface area contributed by atoms with Gasteiger partial charge >= 0.3 is 6.03 Å². The molecule has 0 radical (unpaired) electrons. The number of aromatic nitrogens is 2. The van der Waals surface area contributed by atoms with Crippen LogP contribution in [0.15, 0.2) is 54.6 Å². The second-order valence-electron chi connectivity index (χ2n) is 10.8. The molecule has 5 nitrogen and oxygen atoms in total. The topological polar surface area (TPSA) is 58.1 Å². The van der Waals surface area contributed by atoms with Gasteiger partial charge in [-0.15, -0.1) is 10.2 Å². The van der Waals surface area contributed by atoms with Gasteiger partial charge in [-0.1, -0.05) is 65.9 Å². The van der Waals surface area contributed by atoms with Gasteiger partial charge in [0, 0.05) is 12.5 Å². The maximum Gasteiger partial charge on any atom is 0.323 e. The van der Waals surface area contributed by atoms with Crippen LogP contribution in [0.3, 0.4) is 0 Å². The number of hydrogen-bond acceptors (Lipinski definition) is 4. The molecule has 4 bridgehead atoms. The molecule has 4 aliphatic rings. The van der Waals surface area contributed by atoms with E-state index < -0.39 is 0 Å². The molecule has 1 unspecified atom stereocenters. The minimum absolute atomic E-state index is 0.0552. The number of nitrogens with one attached hydrogen (secondary N) is 1. The molecule has 2 aromatic carbocycles. The first kappa shape index (κ1) is 21.8. The highest BCUT2D eigenvalue weighted by Crippen LogP contribution is 2.61. The Bertz CT molecular complexity index is 1140. The van der Waals surface area contributed by atoms with Crippen molar-refractivity contribution in [3.8, 4) is 11.1 Å². The monoisotopic (exact) mass is 472 g/mol. The predicted octanol–water partition coefficient (Wildman–Crippen LogP) is 6.90. The van der Waals surface area contributed by atoms with E-state index in [1.807, 2.05) is 25.2 Å². The van der Waals surface area contributed by atoms with Gasteiger partial charge in [0.25, 0.3) is 0 Å². The summed E-state index contributed by atoms with van der Waals surface area (Å²) in [4.78, 5) is 14.8. The van der Waals surface area contributed by atoms with Gasteiger partial charge in [0.2, 0.25) is 5.13 Å². The van der Waals surface area contributed by atoms with Crippen molar-refractivity contribution in [1.82, 2.24) is 15.1 Å². The summed E-state index contributed by atoms with van der Waals surface area (Å²) in [5.41, 5.74) is 3.69. The first-order valence-corrected chi connectivity index (χ1v) is 13.3. The molecule has 4 aliphatic carbocycles. The smallest absolute Gasteiger partial charge is 0.321 e. The van der Waals surface area contributed by atoms with Gasteiger partial charge in [0.1, 0.15) is 5.01 Å². The highest BCUT2D eigenvalue weighted by molar-refractivity contribution is 7.15. The number of carbonyl (C=O) groups excluding carboxylic acids is 1. The molecule has 176 valence electrons. The Morgan fingerprint density at radius 3 is 2.15 bits per heavy atom. The fourth-order valence-electron chi connectivity index (χ4n) is 7.02. The molecule has 0 saturated heterocycles. The third-order valence-electron chi connectivity index (χ3n) is 8.53. The van der Waals surface area contributed by atoms with Crippen LogP contribution in [0.5, 0.6) is 0 Å². The molecule has 1 N–H and O–H groups in total. The molecule has 0 spiro atoms. The molecular formula is C28H32N4OS. The fraction of sp³-hybridized carbons (Fsp3) is 0.464. The van der Waals surface area contributed by atoms with Crippen LogP contribution >= 0.6 is 11.3 Å². The minimum atomic E-state index is -0.146. The van der Waals surface area contributed by atoms with Crippen molar-refractivity contribution in [2.24, 2.45) is 17.8 Å². The van der Waals surface area contributed by atoms with Gasteiger partial charge in [-0.2, -0.15) is 0 Å². The zero-order valence-corrected chi connectivity index (χ0v) is 20.7. The minimum Gasteiger partial charge on any atom is -0.321 e. The van der Waals surface area contributed by atoms with E-state index in [2.05, 4.69) is 58.8 Å². The molecular weight excluding hydrogens is 440 g/mol. The Morgan fingerprint density at radius 1 is 0.941 bits per heavy atom. The zero-order valence-electron chi connectivity index (χ0n) is 19.9. The van der Waals surface area contributed by atoms with E-state index in [1.54, 1.807) is 16.2 Å². The van der Waals surface area contributed by atoms with Crippen LogP contribution in [0.25, 0.3) is 11.1 Å². The van der Waals surface area contributed by atoms with E-state index in [1.165, 1.54) is 49.7 Å². The molecule has 34 heavy (non-hydrogen) atoms. The van der Waals surface area contributed by atoms with E-state index in [0.29, 0.717) is 5.13 Å². The van der Waals surface area contributed by atoms with Gasteiger partial charge in [-0.25, -0.2) is 4.79 Å². The van der Waals surface area contributed by atoms with E-state index >= 15 is 0 Å². The Balaban J connectivity index is 1.12. The summed E-state index contributed by atoms with van der Waals surface area (Å²) >= 11 is 1.59. The van der Waals surface area contributed by atoms with Crippen molar-refractivity contribution in [2.75, 3.05) is 12.4 Å². The van der Waals surface area contributed by atoms with E-state index in [-0.39, 0.29) is 17.5 Å². The largest absolute Gasteiger partial charge is 0.323 e. The second-order valence-corrected chi connectivity index (χ2v) is 11.8. The van der Waals surface area contributed by atoms with E-state index in [9.17, 15) is 4.79 Å². The molecule has 3 aromatic rings. The normalized spacial score (nSPS) is 28.0. The number of benzene rings is 2. The average molecular weight is 473 g/mol. The maximum atomic E-state index is 13.0. The lowest BCUT2D eigenvalue weighted by Gasteiger charge is -2.55. The van der Waals surface area contributed by atoms with Crippen molar-refractivity contribution in [2.45, 2.75) is 56.9 Å². The number of hydrogen-bond donors (Lipinski definition) is 1. The molecule has 4 fully saturated rings. The van der Waals surface area contributed by atoms with Gasteiger partial charge in [-0.05, 0) is 79.9 Å². The van der Waals surface area contributed by atoms with Gasteiger partial charge in [0.05, 0.1) is 6.04 Å². The summed E-state index contributed by atoms with van der Waals surface area (Å²) in [7, 11) is 1.84. The molecule has 1 atom stereocenters. The summed E-state index contributed by atoms with van der Waals surface area (Å²) < 4.78 is 0. The van der Waals surface area contributed by atoms with Crippen molar-refractivity contribution < 1.29 is 4.79 Å². The summed E-state index contributed by atoms with van der Waals surface area (Å²) in [6, 6.07) is 18.6. The zero-order chi connectivity index (χ0) is 23.3. The van der Waals surface area contributed by atoms with Crippen LogP contribution in [0.1, 0.15) is 62.1 Å². The number of carbonyl (C=O) groups is 1. The second kappa shape index (κ2) is 8.49. The summed E-state index contributed by atoms with van der Waals surface area (Å²) in [5.74, 6) is 2.61. The van der Waals surface area contributed by atoms with Crippen LogP contribution in [0.4, 0.5) is 9.93 Å². The lowest BCUT2D eigenvalue weighted by atomic mass is 9.50. The van der Waals surface area contributed by atoms with Gasteiger partial charge < -0.3 is 4.90 Å². The highest BCUT2D eigenvalue weighted by atomic mass is 32.1. The molecule has 2 amide bonds. The SMILES string of the molecule is CC(c1ccc(-c2ccccc2)cc1)N(C)C(=O)Nc1nnc(C23CC4CC(CC(C4)C2)C3)s1. The van der Waals surface area contributed by atoms with Crippen molar-refractivity contribution in [1.29, 1.82) is 0 Å². The van der Waals surface area contributed by atoms with E-state index in [4.69, 9.17) is 0 Å². The van der Waals surface area contributed by atoms with Crippen LogP contribution in [-0.4, -0.2) is 28.2 Å². The number of nitrogens with zero attached hydrogens (tertiary/aromatic N) is 3. The molecule has 1 heterocycles. The first-order chi connectivity index (χ1) is 16.5. The Labute approximate surface area is 205 Å². The summed E-state index contributed by atoms with van der Waals surface area (Å²) in [6.45, 7) is 2.05. The maximum absolute atomic E-state index is 13.0. The van der Waals surface area contributed by atoms with Crippen LogP contribution in [0.2, 0.25) is 0 Å². The number of amides is 2. The standard InChI is InChI=1S/C28H32N4OS/c1-18(22-8-10-24(11-9-22)23-6-4-3-5-7-23)32(2)27(33)29-26-31-30-25(34-26)28-15-19-12-20(16-28)14-21(13-19)17-28/h3-11,18-21H,12-17H2,1-2H3,(H,29,31,33). The van der Waals surface area contributed by atoms with Crippen molar-refractivity contribution >= 4 is 22.5 Å². The van der Waals surface area contributed by atoms with Crippen LogP contribution in [0, 0.1) is 17.8 Å². The molecule has 4 saturated carbocycles. The van der Waals surface area contributed by atoms with Crippen LogP contribution < -0.4 is 5.32 Å². The number of urea groups is 1. The summed E-state index contributed by atoms with van der Waals surface area (Å²) in [6.07, 6.45) is 8.02. The quantitative estimate of drug-likeness (QED) is 0.439. The third-order valence-corrected chi connectivity index (χ3v) is 9.62. The van der Waals surface area contributed by atoms with Gasteiger partial charge in [-0.3, -0.25) is 5.32 Å². The Kier molecular flexibility index (Phi) is 5.44. The van der Waals surface area contributed by atoms with Crippen molar-refractivity contribution in [3.63, 3.8) is 0 Å². The third kappa shape index (κ3) is 3.92. The molecule has 7 rings (SSSR count). The Morgan fingerprint density at radius 2 is 1.53 bits per heavy atom. The average Bonchev–Trinajstić information content (AvgIpc) is 3.32. The van der Waals surface area contributed by atoms with Crippen molar-refractivity contribution in [3.05, 3.63) is 65.2 Å². The van der Waals surface area contributed by atoms with Crippen LogP contribution in [-0.2, 0) is 5.41 Å². The number of anilines is 1. The predicted molar refractivity (Wildman–Crippen MR) is 137 cm³/mol. The summed E-state index contributed by atoms with van der Waals surface area (Å²) in [5, 5.41) is 13.8. The lowest BCUT2D eigenvalue weighted by Crippen LogP contribution is -2.48. The molecule has 1 aromatic heterocycles. The molecule has 6 heteroatoms. The lowest BCUT2D eigenvalue weighted by molar-refractivity contribution is -0.00555. The van der Waals surface area contributed by atoms with Gasteiger partial charge in [0.15, 0.2) is 0 Å². The number of rotatable bonds is 5.